The minimum Gasteiger partial charge on any atom is -0.368 e. The number of fused-ring (bicyclic) bond motifs is 1. The van der Waals surface area contributed by atoms with Crippen molar-refractivity contribution in [2.24, 2.45) is 5.92 Å². The number of rotatable bonds is 7. The number of aromatic amines is 1. The van der Waals surface area contributed by atoms with E-state index in [-0.39, 0.29) is 11.5 Å². The van der Waals surface area contributed by atoms with Crippen LogP contribution in [0.1, 0.15) is 41.4 Å². The molecule has 33 heavy (non-hydrogen) atoms. The van der Waals surface area contributed by atoms with E-state index in [0.717, 1.165) is 67.1 Å². The van der Waals surface area contributed by atoms with E-state index in [1.807, 2.05) is 37.4 Å². The number of anilines is 1. The van der Waals surface area contributed by atoms with Crippen molar-refractivity contribution in [2.45, 2.75) is 32.7 Å². The van der Waals surface area contributed by atoms with Gasteiger partial charge in [0.25, 0.3) is 11.5 Å². The van der Waals surface area contributed by atoms with Crippen LogP contribution in [0.4, 0.5) is 5.69 Å². The van der Waals surface area contributed by atoms with Crippen molar-refractivity contribution in [3.05, 3.63) is 63.8 Å². The molecule has 3 aromatic heterocycles. The predicted octanol–water partition coefficient (Wildman–Crippen LogP) is 2.34. The lowest BCUT2D eigenvalue weighted by molar-refractivity contribution is 0.0947. The first-order valence-corrected chi connectivity index (χ1v) is 11.8. The highest BCUT2D eigenvalue weighted by Gasteiger charge is 2.22. The van der Waals surface area contributed by atoms with Gasteiger partial charge in [-0.2, -0.15) is 0 Å². The molecule has 0 atom stereocenters. The first-order chi connectivity index (χ1) is 16.1. The van der Waals surface area contributed by atoms with Crippen LogP contribution >= 0.6 is 0 Å². The highest BCUT2D eigenvalue weighted by Crippen LogP contribution is 2.27. The van der Waals surface area contributed by atoms with Crippen LogP contribution in [0.5, 0.6) is 0 Å². The maximum Gasteiger partial charge on any atom is 0.269 e. The van der Waals surface area contributed by atoms with Crippen molar-refractivity contribution in [2.75, 3.05) is 37.6 Å². The van der Waals surface area contributed by atoms with Crippen LogP contribution in [0.25, 0.3) is 11.0 Å². The number of nitrogens with one attached hydrogen (secondary N) is 2. The summed E-state index contributed by atoms with van der Waals surface area (Å²) < 4.78 is 0. The second-order valence-electron chi connectivity index (χ2n) is 9.07. The molecule has 1 saturated heterocycles. The van der Waals surface area contributed by atoms with Gasteiger partial charge in [0.05, 0.1) is 22.9 Å². The minimum atomic E-state index is -0.0884. The predicted molar refractivity (Wildman–Crippen MR) is 129 cm³/mol. The number of hydrogen-bond acceptors (Lipinski definition) is 6. The van der Waals surface area contributed by atoms with Gasteiger partial charge in [0.1, 0.15) is 5.69 Å². The molecule has 3 aromatic rings. The second kappa shape index (κ2) is 9.31. The number of H-pyrrole nitrogens is 1. The largest absolute Gasteiger partial charge is 0.368 e. The summed E-state index contributed by atoms with van der Waals surface area (Å²) in [6, 6.07) is 7.72. The van der Waals surface area contributed by atoms with E-state index in [1.54, 1.807) is 6.20 Å². The molecule has 0 aromatic carbocycles. The molecule has 0 radical (unpaired) electrons. The number of pyridine rings is 3. The fourth-order valence-corrected chi connectivity index (χ4v) is 4.30. The third-order valence-corrected chi connectivity index (χ3v) is 6.58. The number of nitrogens with zero attached hydrogens (tertiary/aromatic N) is 4. The molecule has 1 saturated carbocycles. The van der Waals surface area contributed by atoms with Gasteiger partial charge >= 0.3 is 0 Å². The van der Waals surface area contributed by atoms with Gasteiger partial charge in [-0.3, -0.25) is 19.5 Å². The monoisotopic (exact) mass is 446 g/mol. The average Bonchev–Trinajstić information content (AvgIpc) is 3.67. The molecule has 1 aliphatic heterocycles. The lowest BCUT2D eigenvalue weighted by Crippen LogP contribution is -2.46. The molecular formula is C25H30N6O2. The summed E-state index contributed by atoms with van der Waals surface area (Å²) in [5.74, 6) is 0.570. The van der Waals surface area contributed by atoms with Crippen molar-refractivity contribution in [1.29, 1.82) is 0 Å². The molecule has 2 fully saturated rings. The van der Waals surface area contributed by atoms with Crippen LogP contribution in [0.3, 0.4) is 0 Å². The summed E-state index contributed by atoms with van der Waals surface area (Å²) >= 11 is 0. The molecule has 5 rings (SSSR count). The molecule has 8 nitrogen and oxygen atoms in total. The fourth-order valence-electron chi connectivity index (χ4n) is 4.30. The smallest absolute Gasteiger partial charge is 0.269 e. The van der Waals surface area contributed by atoms with E-state index in [4.69, 9.17) is 0 Å². The quantitative estimate of drug-likeness (QED) is 0.579. The van der Waals surface area contributed by atoms with Gasteiger partial charge < -0.3 is 15.2 Å². The Labute approximate surface area is 193 Å². The van der Waals surface area contributed by atoms with Crippen LogP contribution < -0.4 is 15.8 Å². The lowest BCUT2D eigenvalue weighted by Gasteiger charge is -2.36. The van der Waals surface area contributed by atoms with E-state index >= 15 is 0 Å². The summed E-state index contributed by atoms with van der Waals surface area (Å²) in [6.07, 6.45) is 6.84. The van der Waals surface area contributed by atoms with Crippen LogP contribution in [-0.4, -0.2) is 58.5 Å². The first kappa shape index (κ1) is 21.6. The Balaban J connectivity index is 1.16. The van der Waals surface area contributed by atoms with Gasteiger partial charge in [0.2, 0.25) is 0 Å². The number of amides is 1. The Morgan fingerprint density at radius 2 is 1.94 bits per heavy atom. The Hall–Kier alpha value is -3.26. The number of hydrogen-bond donors (Lipinski definition) is 2. The zero-order chi connectivity index (χ0) is 22.8. The third kappa shape index (κ3) is 5.06. The molecule has 172 valence electrons. The topological polar surface area (TPSA) is 94.2 Å². The SMILES string of the molecule is CCc1cc2ncc(CN3CCN(c4ccc(C(=O)NCC5CC5)nc4)CC3)cc2[nH]c1=O. The summed E-state index contributed by atoms with van der Waals surface area (Å²) in [7, 11) is 0. The molecule has 0 unspecified atom stereocenters. The molecule has 0 spiro atoms. The van der Waals surface area contributed by atoms with Gasteiger partial charge in [-0.1, -0.05) is 6.92 Å². The van der Waals surface area contributed by atoms with Crippen molar-refractivity contribution in [3.63, 3.8) is 0 Å². The number of carbonyl (C=O) groups is 1. The molecule has 1 aliphatic carbocycles. The van der Waals surface area contributed by atoms with Crippen LogP contribution in [-0.2, 0) is 13.0 Å². The zero-order valence-corrected chi connectivity index (χ0v) is 19.0. The maximum absolute atomic E-state index is 12.2. The van der Waals surface area contributed by atoms with E-state index < -0.39 is 0 Å². The highest BCUT2D eigenvalue weighted by molar-refractivity contribution is 5.92. The minimum absolute atomic E-state index is 0.0300. The zero-order valence-electron chi connectivity index (χ0n) is 19.0. The highest BCUT2D eigenvalue weighted by atomic mass is 16.2. The third-order valence-electron chi connectivity index (χ3n) is 6.58. The van der Waals surface area contributed by atoms with Gasteiger partial charge in [-0.25, -0.2) is 4.98 Å². The van der Waals surface area contributed by atoms with Gasteiger partial charge in [-0.15, -0.1) is 0 Å². The lowest BCUT2D eigenvalue weighted by atomic mass is 10.1. The molecule has 2 N–H and O–H groups in total. The molecule has 0 bridgehead atoms. The molecule has 2 aliphatic rings. The Bertz CT molecular complexity index is 1190. The van der Waals surface area contributed by atoms with Crippen LogP contribution in [0.2, 0.25) is 0 Å². The van der Waals surface area contributed by atoms with E-state index in [0.29, 0.717) is 18.0 Å². The Morgan fingerprint density at radius 1 is 1.12 bits per heavy atom. The number of carbonyl (C=O) groups excluding carboxylic acids is 1. The van der Waals surface area contributed by atoms with Gasteiger partial charge in [0, 0.05) is 51.0 Å². The maximum atomic E-state index is 12.2. The van der Waals surface area contributed by atoms with Gasteiger partial charge in [0.15, 0.2) is 0 Å². The molecule has 4 heterocycles. The molecular weight excluding hydrogens is 416 g/mol. The number of aryl methyl sites for hydroxylation is 1. The first-order valence-electron chi connectivity index (χ1n) is 11.8. The average molecular weight is 447 g/mol. The van der Waals surface area contributed by atoms with Crippen LogP contribution in [0, 0.1) is 5.92 Å². The Kier molecular flexibility index (Phi) is 6.09. The summed E-state index contributed by atoms with van der Waals surface area (Å²) in [5, 5.41) is 2.96. The Morgan fingerprint density at radius 3 is 2.64 bits per heavy atom. The summed E-state index contributed by atoms with van der Waals surface area (Å²) in [4.78, 5) is 40.9. The normalized spacial score (nSPS) is 16.8. The van der Waals surface area contributed by atoms with E-state index in [2.05, 4.69) is 30.1 Å². The van der Waals surface area contributed by atoms with E-state index in [1.165, 1.54) is 12.8 Å². The van der Waals surface area contributed by atoms with Crippen molar-refractivity contribution >= 4 is 22.6 Å². The molecule has 1 amide bonds. The van der Waals surface area contributed by atoms with Gasteiger partial charge in [-0.05, 0) is 55.0 Å². The van der Waals surface area contributed by atoms with E-state index in [9.17, 15) is 9.59 Å². The standard InChI is InChI=1S/C25H30N6O2/c1-2-19-12-22-23(29-24(19)32)11-18(14-26-22)16-30-7-9-31(10-8-30)20-5-6-21(27-15-20)25(33)28-13-17-3-4-17/h5-6,11-12,14-15,17H,2-4,7-10,13,16H2,1H3,(H,28,33)(H,29,32). The molecule has 8 heteroatoms. The summed E-state index contributed by atoms with van der Waals surface area (Å²) in [6.45, 7) is 7.17. The number of aromatic nitrogens is 3. The number of piperazine rings is 1. The summed E-state index contributed by atoms with van der Waals surface area (Å²) in [5.41, 5.74) is 4.98. The van der Waals surface area contributed by atoms with Crippen LogP contribution in [0.15, 0.2) is 41.5 Å². The van der Waals surface area contributed by atoms with Crippen molar-refractivity contribution in [1.82, 2.24) is 25.2 Å². The van der Waals surface area contributed by atoms with Crippen molar-refractivity contribution in [3.8, 4) is 0 Å². The van der Waals surface area contributed by atoms with Crippen molar-refractivity contribution < 1.29 is 4.79 Å². The second-order valence-corrected chi connectivity index (χ2v) is 9.07. The fraction of sp³-hybridized carbons (Fsp3) is 0.440.